The highest BCUT2D eigenvalue weighted by molar-refractivity contribution is 5.94. The molecular formula is C23H31N3O4. The van der Waals surface area contributed by atoms with Gasteiger partial charge in [-0.1, -0.05) is 18.2 Å². The van der Waals surface area contributed by atoms with Crippen molar-refractivity contribution in [3.05, 3.63) is 35.9 Å². The highest BCUT2D eigenvalue weighted by atomic mass is 16.6. The summed E-state index contributed by atoms with van der Waals surface area (Å²) < 4.78 is 5.24. The van der Waals surface area contributed by atoms with Gasteiger partial charge >= 0.3 is 6.09 Å². The average molecular weight is 414 g/mol. The van der Waals surface area contributed by atoms with Gasteiger partial charge in [0.1, 0.15) is 6.61 Å². The van der Waals surface area contributed by atoms with Crippen LogP contribution in [-0.2, 0) is 9.53 Å². The third-order valence-electron chi connectivity index (χ3n) is 6.69. The molecule has 3 saturated heterocycles. The highest BCUT2D eigenvalue weighted by Crippen LogP contribution is 2.31. The minimum atomic E-state index is -0.286. The zero-order valence-electron chi connectivity index (χ0n) is 17.9. The third-order valence-corrected chi connectivity index (χ3v) is 6.69. The monoisotopic (exact) mass is 413 g/mol. The fraction of sp³-hybridized carbons (Fsp3) is 0.609. The van der Waals surface area contributed by atoms with Crippen LogP contribution in [0.1, 0.15) is 49.9 Å². The zero-order chi connectivity index (χ0) is 21.3. The first-order valence-corrected chi connectivity index (χ1v) is 11.0. The first kappa shape index (κ1) is 20.7. The standard InChI is InChI=1S/C23H31N3O4/c1-23(2)16-30-22(29)26(23)19-10-14-25(15-11-19)21(28)18-8-12-24(13-9-18)20(27)17-6-4-3-5-7-17/h3-7,18-19H,8-16H2,1-2H3. The number of ether oxygens (including phenoxy) is 1. The molecular weight excluding hydrogens is 382 g/mol. The normalized spacial score (nSPS) is 22.9. The number of carbonyl (C=O) groups is 3. The van der Waals surface area contributed by atoms with Crippen molar-refractivity contribution in [2.24, 2.45) is 5.92 Å². The lowest BCUT2D eigenvalue weighted by molar-refractivity contribution is -0.138. The number of hydrogen-bond donors (Lipinski definition) is 0. The quantitative estimate of drug-likeness (QED) is 0.764. The molecule has 3 amide bonds. The predicted molar refractivity (Wildman–Crippen MR) is 112 cm³/mol. The Morgan fingerprint density at radius 3 is 2.10 bits per heavy atom. The Hall–Kier alpha value is -2.57. The summed E-state index contributed by atoms with van der Waals surface area (Å²) in [6, 6.07) is 9.44. The van der Waals surface area contributed by atoms with Crippen molar-refractivity contribution in [2.75, 3.05) is 32.8 Å². The van der Waals surface area contributed by atoms with Crippen LogP contribution < -0.4 is 0 Å². The molecule has 162 valence electrons. The molecule has 0 N–H and O–H groups in total. The SMILES string of the molecule is CC1(C)COC(=O)N1C1CCN(C(=O)C2CCN(C(=O)c3ccccc3)CC2)CC1. The van der Waals surface area contributed by atoms with E-state index >= 15 is 0 Å². The molecule has 0 unspecified atom stereocenters. The van der Waals surface area contributed by atoms with Crippen LogP contribution in [0.15, 0.2) is 30.3 Å². The number of carbonyl (C=O) groups excluding carboxylic acids is 3. The first-order chi connectivity index (χ1) is 14.4. The van der Waals surface area contributed by atoms with E-state index in [0.717, 1.165) is 12.8 Å². The third kappa shape index (κ3) is 4.02. The molecule has 0 radical (unpaired) electrons. The summed E-state index contributed by atoms with van der Waals surface area (Å²) in [5, 5.41) is 0. The highest BCUT2D eigenvalue weighted by Gasteiger charge is 2.45. The van der Waals surface area contributed by atoms with Crippen LogP contribution >= 0.6 is 0 Å². The smallest absolute Gasteiger partial charge is 0.410 e. The molecule has 0 aromatic heterocycles. The van der Waals surface area contributed by atoms with Gasteiger partial charge in [0, 0.05) is 43.7 Å². The minimum absolute atomic E-state index is 0.0189. The summed E-state index contributed by atoms with van der Waals surface area (Å²) in [6.07, 6.45) is 2.76. The molecule has 30 heavy (non-hydrogen) atoms. The lowest BCUT2D eigenvalue weighted by Gasteiger charge is -2.42. The van der Waals surface area contributed by atoms with Gasteiger partial charge in [-0.15, -0.1) is 0 Å². The number of rotatable bonds is 3. The van der Waals surface area contributed by atoms with Crippen molar-refractivity contribution in [3.8, 4) is 0 Å². The molecule has 7 heteroatoms. The first-order valence-electron chi connectivity index (χ1n) is 11.0. The van der Waals surface area contributed by atoms with E-state index in [9.17, 15) is 14.4 Å². The topological polar surface area (TPSA) is 70.2 Å². The number of piperidine rings is 2. The fourth-order valence-corrected chi connectivity index (χ4v) is 4.96. The maximum atomic E-state index is 13.0. The van der Waals surface area contributed by atoms with Crippen molar-refractivity contribution in [2.45, 2.75) is 51.1 Å². The fourth-order valence-electron chi connectivity index (χ4n) is 4.96. The van der Waals surface area contributed by atoms with Crippen molar-refractivity contribution in [1.29, 1.82) is 0 Å². The molecule has 7 nitrogen and oxygen atoms in total. The number of nitrogens with zero attached hydrogens (tertiary/aromatic N) is 3. The number of cyclic esters (lactones) is 1. The van der Waals surface area contributed by atoms with Gasteiger partial charge < -0.3 is 14.5 Å². The number of amides is 3. The van der Waals surface area contributed by atoms with E-state index in [1.807, 2.05) is 58.9 Å². The Labute approximate surface area is 177 Å². The van der Waals surface area contributed by atoms with E-state index in [2.05, 4.69) is 0 Å². The molecule has 0 bridgehead atoms. The van der Waals surface area contributed by atoms with Gasteiger partial charge in [0.15, 0.2) is 0 Å². The van der Waals surface area contributed by atoms with E-state index in [0.29, 0.717) is 51.2 Å². The molecule has 4 rings (SSSR count). The van der Waals surface area contributed by atoms with E-state index < -0.39 is 0 Å². The van der Waals surface area contributed by atoms with Gasteiger partial charge in [-0.05, 0) is 51.7 Å². The number of likely N-dealkylation sites (tertiary alicyclic amines) is 2. The number of benzene rings is 1. The molecule has 0 saturated carbocycles. The largest absolute Gasteiger partial charge is 0.447 e. The van der Waals surface area contributed by atoms with Crippen LogP contribution in [0.2, 0.25) is 0 Å². The summed E-state index contributed by atoms with van der Waals surface area (Å²) in [5.74, 6) is 0.223. The summed E-state index contributed by atoms with van der Waals surface area (Å²) in [4.78, 5) is 43.4. The van der Waals surface area contributed by atoms with Crippen molar-refractivity contribution < 1.29 is 19.1 Å². The summed E-state index contributed by atoms with van der Waals surface area (Å²) in [6.45, 7) is 7.06. The second-order valence-corrected chi connectivity index (χ2v) is 9.23. The van der Waals surface area contributed by atoms with Crippen molar-refractivity contribution in [3.63, 3.8) is 0 Å². The summed E-state index contributed by atoms with van der Waals surface area (Å²) >= 11 is 0. The number of hydrogen-bond acceptors (Lipinski definition) is 4. The molecule has 3 aliphatic heterocycles. The molecule has 0 atom stereocenters. The maximum Gasteiger partial charge on any atom is 0.410 e. The van der Waals surface area contributed by atoms with Crippen LogP contribution in [0.25, 0.3) is 0 Å². The summed E-state index contributed by atoms with van der Waals surface area (Å²) in [5.41, 5.74) is 0.416. The maximum absolute atomic E-state index is 13.0. The van der Waals surface area contributed by atoms with E-state index in [4.69, 9.17) is 4.74 Å². The lowest BCUT2D eigenvalue weighted by Crippen LogP contribution is -2.54. The minimum Gasteiger partial charge on any atom is -0.447 e. The van der Waals surface area contributed by atoms with Gasteiger partial charge in [0.05, 0.1) is 5.54 Å². The van der Waals surface area contributed by atoms with E-state index in [1.54, 1.807) is 0 Å². The van der Waals surface area contributed by atoms with E-state index in [1.165, 1.54) is 0 Å². The van der Waals surface area contributed by atoms with E-state index in [-0.39, 0.29) is 35.4 Å². The van der Waals surface area contributed by atoms with Crippen LogP contribution in [0.4, 0.5) is 4.79 Å². The van der Waals surface area contributed by atoms with Crippen molar-refractivity contribution in [1.82, 2.24) is 14.7 Å². The van der Waals surface area contributed by atoms with Gasteiger partial charge in [-0.3, -0.25) is 14.5 Å². The average Bonchev–Trinajstić information content (AvgIpc) is 3.05. The van der Waals surface area contributed by atoms with Crippen LogP contribution in [0.5, 0.6) is 0 Å². The Kier molecular flexibility index (Phi) is 5.71. The second-order valence-electron chi connectivity index (χ2n) is 9.23. The Balaban J connectivity index is 1.27. The Morgan fingerprint density at radius 1 is 0.933 bits per heavy atom. The van der Waals surface area contributed by atoms with Gasteiger partial charge in [-0.2, -0.15) is 0 Å². The molecule has 0 spiro atoms. The molecule has 1 aromatic carbocycles. The molecule has 0 aliphatic carbocycles. The van der Waals surface area contributed by atoms with Crippen molar-refractivity contribution >= 4 is 17.9 Å². The second kappa shape index (κ2) is 8.28. The van der Waals surface area contributed by atoms with Crippen LogP contribution in [-0.4, -0.2) is 77.0 Å². The molecule has 3 heterocycles. The summed E-state index contributed by atoms with van der Waals surface area (Å²) in [7, 11) is 0. The van der Waals surface area contributed by atoms with Crippen LogP contribution in [0.3, 0.4) is 0 Å². The van der Waals surface area contributed by atoms with Gasteiger partial charge in [0.25, 0.3) is 5.91 Å². The Bertz CT molecular complexity index is 794. The molecule has 3 aliphatic rings. The predicted octanol–water partition coefficient (Wildman–Crippen LogP) is 2.76. The van der Waals surface area contributed by atoms with Crippen LogP contribution in [0, 0.1) is 5.92 Å². The van der Waals surface area contributed by atoms with Gasteiger partial charge in [0.2, 0.25) is 5.91 Å². The van der Waals surface area contributed by atoms with Gasteiger partial charge in [-0.25, -0.2) is 4.79 Å². The lowest BCUT2D eigenvalue weighted by atomic mass is 9.92. The molecule has 3 fully saturated rings. The Morgan fingerprint density at radius 2 is 1.53 bits per heavy atom. The molecule has 1 aromatic rings. The zero-order valence-corrected chi connectivity index (χ0v) is 17.9.